The molecule has 0 fully saturated rings. The zero-order valence-electron chi connectivity index (χ0n) is 13.3. The van der Waals surface area contributed by atoms with E-state index >= 15 is 0 Å². The molecule has 3 nitrogen and oxygen atoms in total. The van der Waals surface area contributed by atoms with E-state index in [0.29, 0.717) is 5.39 Å². The van der Waals surface area contributed by atoms with Gasteiger partial charge in [-0.2, -0.15) is 12.8 Å². The van der Waals surface area contributed by atoms with Crippen LogP contribution in [0.3, 0.4) is 0 Å². The Bertz CT molecular complexity index is 1200. The van der Waals surface area contributed by atoms with E-state index in [1.807, 2.05) is 66.7 Å². The zero-order chi connectivity index (χ0) is 17.3. The van der Waals surface area contributed by atoms with Crippen molar-refractivity contribution >= 4 is 37.8 Å². The first-order valence-corrected chi connectivity index (χ1v) is 9.35. The molecule has 0 aliphatic heterocycles. The molecule has 0 atom stereocenters. The van der Waals surface area contributed by atoms with E-state index in [0.717, 1.165) is 21.7 Å². The lowest BCUT2D eigenvalue weighted by molar-refractivity contribution is 0.599. The molecule has 4 aromatic carbocycles. The number of rotatable bonds is 3. The lowest BCUT2D eigenvalue weighted by atomic mass is 10.1. The molecule has 0 aliphatic rings. The number of hydrogen-bond donors (Lipinski definition) is 0. The third-order valence-electron chi connectivity index (χ3n) is 4.18. The molecule has 0 N–H and O–H groups in total. The van der Waals surface area contributed by atoms with Crippen LogP contribution in [0.25, 0.3) is 21.5 Å². The molecule has 122 valence electrons. The molecule has 0 spiro atoms. The van der Waals surface area contributed by atoms with Crippen LogP contribution in [0.15, 0.2) is 94.2 Å². The Hall–Kier alpha value is -2.98. The zero-order valence-corrected chi connectivity index (χ0v) is 14.1. The van der Waals surface area contributed by atoms with Crippen LogP contribution >= 0.6 is 0 Å². The summed E-state index contributed by atoms with van der Waals surface area (Å²) in [6, 6.07) is 26.2. The van der Waals surface area contributed by atoms with E-state index < -0.39 is 10.0 Å². The molecule has 0 aromatic heterocycles. The summed E-state index contributed by atoms with van der Waals surface area (Å²) in [6.45, 7) is 0. The Kier molecular flexibility index (Phi) is 3.82. The maximum absolute atomic E-state index is 12.8. The first-order valence-electron chi connectivity index (χ1n) is 7.91. The van der Waals surface area contributed by atoms with Gasteiger partial charge in [0.05, 0.1) is 4.90 Å². The smallest absolute Gasteiger partial charge is 0.199 e. The van der Waals surface area contributed by atoms with E-state index in [9.17, 15) is 8.42 Å². The predicted molar refractivity (Wildman–Crippen MR) is 103 cm³/mol. The topological polar surface area (TPSA) is 46.5 Å². The van der Waals surface area contributed by atoms with E-state index in [1.165, 1.54) is 6.21 Å². The second kappa shape index (κ2) is 6.15. The van der Waals surface area contributed by atoms with Crippen LogP contribution in [0.1, 0.15) is 5.56 Å². The maximum Gasteiger partial charge on any atom is 0.282 e. The molecule has 0 bridgehead atoms. The Morgan fingerprint density at radius 3 is 1.96 bits per heavy atom. The maximum atomic E-state index is 12.8. The van der Waals surface area contributed by atoms with Crippen molar-refractivity contribution in [3.05, 3.63) is 90.5 Å². The first-order chi connectivity index (χ1) is 12.1. The monoisotopic (exact) mass is 345 g/mol. The SMILES string of the molecule is O=S(=O)(/N=C/c1cccc2ccccc12)c1cccc2ccccc12. The molecule has 0 saturated heterocycles. The third kappa shape index (κ3) is 2.92. The summed E-state index contributed by atoms with van der Waals surface area (Å²) in [7, 11) is -3.78. The van der Waals surface area contributed by atoms with Crippen molar-refractivity contribution in [1.29, 1.82) is 0 Å². The highest BCUT2D eigenvalue weighted by atomic mass is 32.2. The summed E-state index contributed by atoms with van der Waals surface area (Å²) in [5.74, 6) is 0. The fraction of sp³-hybridized carbons (Fsp3) is 0. The molecule has 4 rings (SSSR count). The summed E-state index contributed by atoms with van der Waals surface area (Å²) in [5.41, 5.74) is 0.780. The van der Waals surface area contributed by atoms with Crippen molar-refractivity contribution < 1.29 is 8.42 Å². The Morgan fingerprint density at radius 1 is 0.640 bits per heavy atom. The van der Waals surface area contributed by atoms with Gasteiger partial charge in [-0.25, -0.2) is 0 Å². The summed E-state index contributed by atoms with van der Waals surface area (Å²) >= 11 is 0. The minimum atomic E-state index is -3.78. The van der Waals surface area contributed by atoms with Gasteiger partial charge in [-0.3, -0.25) is 0 Å². The highest BCUT2D eigenvalue weighted by Gasteiger charge is 2.15. The molecule has 4 aromatic rings. The first kappa shape index (κ1) is 15.5. The van der Waals surface area contributed by atoms with Crippen molar-refractivity contribution in [3.8, 4) is 0 Å². The van der Waals surface area contributed by atoms with Gasteiger partial charge in [0.2, 0.25) is 0 Å². The van der Waals surface area contributed by atoms with Crippen LogP contribution in [0.5, 0.6) is 0 Å². The molecule has 0 aliphatic carbocycles. The van der Waals surface area contributed by atoms with Crippen LogP contribution in [-0.2, 0) is 10.0 Å². The van der Waals surface area contributed by atoms with Crippen molar-refractivity contribution in [2.75, 3.05) is 0 Å². The van der Waals surface area contributed by atoms with Crippen molar-refractivity contribution in [1.82, 2.24) is 0 Å². The molecular weight excluding hydrogens is 330 g/mol. The van der Waals surface area contributed by atoms with E-state index in [4.69, 9.17) is 0 Å². The van der Waals surface area contributed by atoms with E-state index in [2.05, 4.69) is 4.40 Å². The standard InChI is InChI=1S/C21H15NO2S/c23-25(24,21-14-6-10-17-8-2-4-13-20(17)21)22-15-18-11-5-9-16-7-1-3-12-19(16)18/h1-15H/b22-15+. The molecule has 0 heterocycles. The van der Waals surface area contributed by atoms with Gasteiger partial charge in [0, 0.05) is 17.2 Å². The lowest BCUT2D eigenvalue weighted by Crippen LogP contribution is -1.99. The lowest BCUT2D eigenvalue weighted by Gasteiger charge is -2.05. The normalized spacial score (nSPS) is 12.2. The van der Waals surface area contributed by atoms with Gasteiger partial charge in [-0.15, -0.1) is 0 Å². The Labute approximate surface area is 146 Å². The molecular formula is C21H15NO2S. The number of sulfonamides is 1. The van der Waals surface area contributed by atoms with Gasteiger partial charge < -0.3 is 0 Å². The molecule has 25 heavy (non-hydrogen) atoms. The molecule has 0 radical (unpaired) electrons. The average Bonchev–Trinajstić information content (AvgIpc) is 2.66. The van der Waals surface area contributed by atoms with Gasteiger partial charge >= 0.3 is 0 Å². The quantitative estimate of drug-likeness (QED) is 0.501. The van der Waals surface area contributed by atoms with Crippen LogP contribution in [0, 0.1) is 0 Å². The van der Waals surface area contributed by atoms with Gasteiger partial charge in [0.15, 0.2) is 0 Å². The predicted octanol–water partition coefficient (Wildman–Crippen LogP) is 4.80. The number of nitrogens with zero attached hydrogens (tertiary/aromatic N) is 1. The van der Waals surface area contributed by atoms with Gasteiger partial charge in [-0.05, 0) is 22.2 Å². The largest absolute Gasteiger partial charge is 0.282 e. The van der Waals surface area contributed by atoms with Gasteiger partial charge in [0.1, 0.15) is 0 Å². The second-order valence-corrected chi connectivity index (χ2v) is 7.36. The van der Waals surface area contributed by atoms with Crippen molar-refractivity contribution in [3.63, 3.8) is 0 Å². The molecule has 0 saturated carbocycles. The number of hydrogen-bond acceptors (Lipinski definition) is 2. The molecule has 4 heteroatoms. The molecule has 0 amide bonds. The fourth-order valence-electron chi connectivity index (χ4n) is 2.97. The van der Waals surface area contributed by atoms with Crippen LogP contribution in [-0.4, -0.2) is 14.6 Å². The summed E-state index contributed by atoms with van der Waals surface area (Å²) in [6.07, 6.45) is 1.43. The van der Waals surface area contributed by atoms with Crippen molar-refractivity contribution in [2.24, 2.45) is 4.40 Å². The van der Waals surface area contributed by atoms with Gasteiger partial charge in [-0.1, -0.05) is 78.9 Å². The van der Waals surface area contributed by atoms with Crippen LogP contribution < -0.4 is 0 Å². The van der Waals surface area contributed by atoms with Crippen LogP contribution in [0.2, 0.25) is 0 Å². The summed E-state index contributed by atoms with van der Waals surface area (Å²) < 4.78 is 29.5. The Balaban J connectivity index is 1.82. The highest BCUT2D eigenvalue weighted by molar-refractivity contribution is 7.90. The summed E-state index contributed by atoms with van der Waals surface area (Å²) in [4.78, 5) is 0.224. The average molecular weight is 345 g/mol. The Morgan fingerprint density at radius 2 is 1.20 bits per heavy atom. The third-order valence-corrected chi connectivity index (χ3v) is 5.48. The molecule has 0 unspecified atom stereocenters. The number of fused-ring (bicyclic) bond motifs is 2. The van der Waals surface area contributed by atoms with Crippen LogP contribution in [0.4, 0.5) is 0 Å². The van der Waals surface area contributed by atoms with Gasteiger partial charge in [0.25, 0.3) is 10.0 Å². The fourth-order valence-corrected chi connectivity index (χ4v) is 4.05. The van der Waals surface area contributed by atoms with E-state index in [1.54, 1.807) is 18.2 Å². The summed E-state index contributed by atoms with van der Waals surface area (Å²) in [5, 5.41) is 3.58. The van der Waals surface area contributed by atoms with Crippen molar-refractivity contribution in [2.45, 2.75) is 4.90 Å². The van der Waals surface area contributed by atoms with E-state index in [-0.39, 0.29) is 4.90 Å². The minimum absolute atomic E-state index is 0.224. The number of benzene rings is 4. The minimum Gasteiger partial charge on any atom is -0.199 e. The second-order valence-electron chi connectivity index (χ2n) is 5.76. The highest BCUT2D eigenvalue weighted by Crippen LogP contribution is 2.24.